The number of carboxylic acids is 1. The summed E-state index contributed by atoms with van der Waals surface area (Å²) in [5.74, 6) is -0.251. The SMILES string of the molecule is [C]#Cc1ccc(S(=O)(=O)N2CCC[C@@H]2C(=O)O)cc1F. The molecule has 1 N–H and O–H groups in total. The van der Waals surface area contributed by atoms with Crippen molar-refractivity contribution in [2.24, 2.45) is 0 Å². The number of halogens is 1. The van der Waals surface area contributed by atoms with Crippen LogP contribution in [0.1, 0.15) is 18.4 Å². The van der Waals surface area contributed by atoms with Gasteiger partial charge < -0.3 is 5.11 Å². The van der Waals surface area contributed by atoms with Crippen LogP contribution in [0.5, 0.6) is 0 Å². The molecule has 1 atom stereocenters. The first-order chi connectivity index (χ1) is 9.37. The van der Waals surface area contributed by atoms with E-state index in [0.717, 1.165) is 22.5 Å². The van der Waals surface area contributed by atoms with Crippen LogP contribution in [0.4, 0.5) is 4.39 Å². The second-order valence-corrected chi connectivity index (χ2v) is 6.27. The van der Waals surface area contributed by atoms with Gasteiger partial charge in [0.25, 0.3) is 0 Å². The topological polar surface area (TPSA) is 74.7 Å². The van der Waals surface area contributed by atoms with Crippen molar-refractivity contribution in [2.45, 2.75) is 23.8 Å². The Hall–Kier alpha value is -1.91. The molecule has 0 unspecified atom stereocenters. The van der Waals surface area contributed by atoms with Crippen LogP contribution in [-0.2, 0) is 14.8 Å². The molecule has 1 aromatic carbocycles. The minimum Gasteiger partial charge on any atom is -0.480 e. The van der Waals surface area contributed by atoms with E-state index in [4.69, 9.17) is 11.5 Å². The normalized spacial score (nSPS) is 19.7. The van der Waals surface area contributed by atoms with Crippen molar-refractivity contribution in [3.63, 3.8) is 0 Å². The summed E-state index contributed by atoms with van der Waals surface area (Å²) < 4.78 is 39.1. The third-order valence-electron chi connectivity index (χ3n) is 3.17. The molecule has 20 heavy (non-hydrogen) atoms. The van der Waals surface area contributed by atoms with Gasteiger partial charge in [-0.25, -0.2) is 12.8 Å². The highest BCUT2D eigenvalue weighted by Crippen LogP contribution is 2.27. The van der Waals surface area contributed by atoms with Crippen LogP contribution in [0.2, 0.25) is 0 Å². The molecule has 0 aromatic heterocycles. The van der Waals surface area contributed by atoms with Gasteiger partial charge in [0.2, 0.25) is 10.0 Å². The van der Waals surface area contributed by atoms with Crippen LogP contribution >= 0.6 is 0 Å². The molecule has 0 aliphatic carbocycles. The number of carboxylic acid groups (broad SMARTS) is 1. The van der Waals surface area contributed by atoms with Crippen LogP contribution in [0.3, 0.4) is 0 Å². The van der Waals surface area contributed by atoms with E-state index >= 15 is 0 Å². The number of sulfonamides is 1. The lowest BCUT2D eigenvalue weighted by Gasteiger charge is -2.21. The molecule has 1 heterocycles. The zero-order valence-electron chi connectivity index (χ0n) is 10.3. The lowest BCUT2D eigenvalue weighted by atomic mass is 10.2. The van der Waals surface area contributed by atoms with E-state index in [1.807, 2.05) is 5.92 Å². The van der Waals surface area contributed by atoms with Gasteiger partial charge in [0.15, 0.2) is 0 Å². The maximum absolute atomic E-state index is 13.5. The zero-order valence-corrected chi connectivity index (χ0v) is 11.2. The van der Waals surface area contributed by atoms with E-state index < -0.39 is 27.9 Å². The van der Waals surface area contributed by atoms with Crippen LogP contribution in [0, 0.1) is 18.2 Å². The number of nitrogens with zero attached hydrogens (tertiary/aromatic N) is 1. The quantitative estimate of drug-likeness (QED) is 0.844. The fourth-order valence-electron chi connectivity index (χ4n) is 2.17. The van der Waals surface area contributed by atoms with Crippen LogP contribution in [0.15, 0.2) is 23.1 Å². The maximum Gasteiger partial charge on any atom is 0.322 e. The molecule has 1 aliphatic heterocycles. The maximum atomic E-state index is 13.5. The highest BCUT2D eigenvalue weighted by molar-refractivity contribution is 7.89. The summed E-state index contributed by atoms with van der Waals surface area (Å²) in [4.78, 5) is 10.7. The molecule has 1 radical (unpaired) electrons. The van der Waals surface area contributed by atoms with E-state index in [-0.39, 0.29) is 23.4 Å². The number of aliphatic carboxylic acids is 1. The molecule has 1 fully saturated rings. The van der Waals surface area contributed by atoms with Crippen molar-refractivity contribution < 1.29 is 22.7 Å². The summed E-state index contributed by atoms with van der Waals surface area (Å²) in [5.41, 5.74) is -0.153. The van der Waals surface area contributed by atoms with Gasteiger partial charge in [0, 0.05) is 6.54 Å². The Labute approximate surface area is 116 Å². The van der Waals surface area contributed by atoms with Crippen molar-refractivity contribution in [1.29, 1.82) is 0 Å². The Kier molecular flexibility index (Phi) is 3.79. The monoisotopic (exact) mass is 296 g/mol. The smallest absolute Gasteiger partial charge is 0.322 e. The average molecular weight is 296 g/mol. The standard InChI is InChI=1S/C13H11FNO4S/c1-2-9-5-6-10(8-11(9)14)20(18,19)15-7-3-4-12(15)13(16)17/h5-6,8,12H,3-4,7H2,(H,16,17)/t12-/m1/s1. The number of benzene rings is 1. The number of hydrogen-bond acceptors (Lipinski definition) is 3. The van der Waals surface area contributed by atoms with Crippen molar-refractivity contribution in [2.75, 3.05) is 6.54 Å². The molecular formula is C13H11FNO4S. The minimum atomic E-state index is -4.06. The molecule has 105 valence electrons. The molecule has 2 rings (SSSR count). The second-order valence-electron chi connectivity index (χ2n) is 4.38. The second kappa shape index (κ2) is 5.23. The van der Waals surface area contributed by atoms with Gasteiger partial charge >= 0.3 is 5.97 Å². The van der Waals surface area contributed by atoms with E-state index in [0.29, 0.717) is 6.42 Å². The molecule has 1 saturated heterocycles. The lowest BCUT2D eigenvalue weighted by Crippen LogP contribution is -2.40. The summed E-state index contributed by atoms with van der Waals surface area (Å²) in [6, 6.07) is 1.94. The minimum absolute atomic E-state index is 0.0966. The van der Waals surface area contributed by atoms with Gasteiger partial charge in [-0.05, 0) is 43.4 Å². The van der Waals surface area contributed by atoms with Crippen molar-refractivity contribution in [3.05, 3.63) is 36.0 Å². The van der Waals surface area contributed by atoms with Gasteiger partial charge in [0.1, 0.15) is 11.9 Å². The fraction of sp³-hybridized carbons (Fsp3) is 0.308. The lowest BCUT2D eigenvalue weighted by molar-refractivity contribution is -0.140. The number of hydrogen-bond donors (Lipinski definition) is 1. The third kappa shape index (κ3) is 2.40. The summed E-state index contributed by atoms with van der Waals surface area (Å²) in [5, 5.41) is 9.02. The number of carbonyl (C=O) groups is 1. The first kappa shape index (κ1) is 14.5. The van der Waals surface area contributed by atoms with E-state index in [1.54, 1.807) is 0 Å². The Bertz CT molecular complexity index is 693. The molecule has 1 aromatic rings. The van der Waals surface area contributed by atoms with E-state index in [9.17, 15) is 17.6 Å². The molecule has 1 aliphatic rings. The van der Waals surface area contributed by atoms with Gasteiger partial charge in [-0.1, -0.05) is 0 Å². The Morgan fingerprint density at radius 1 is 1.50 bits per heavy atom. The molecular weight excluding hydrogens is 285 g/mol. The van der Waals surface area contributed by atoms with Gasteiger partial charge in [-0.15, -0.1) is 0 Å². The Morgan fingerprint density at radius 3 is 2.75 bits per heavy atom. The first-order valence-electron chi connectivity index (χ1n) is 5.85. The summed E-state index contributed by atoms with van der Waals surface area (Å²) in [6.07, 6.45) is 7.53. The van der Waals surface area contributed by atoms with Gasteiger partial charge in [-0.3, -0.25) is 4.79 Å². The van der Waals surface area contributed by atoms with Gasteiger partial charge in [0.05, 0.1) is 10.5 Å². The highest BCUT2D eigenvalue weighted by atomic mass is 32.2. The van der Waals surface area contributed by atoms with Crippen molar-refractivity contribution in [1.82, 2.24) is 4.31 Å². The Morgan fingerprint density at radius 2 is 2.20 bits per heavy atom. The van der Waals surface area contributed by atoms with Crippen LogP contribution < -0.4 is 0 Å². The van der Waals surface area contributed by atoms with E-state index in [1.165, 1.54) is 0 Å². The van der Waals surface area contributed by atoms with Crippen LogP contribution in [-0.4, -0.2) is 36.4 Å². The summed E-state index contributed by atoms with van der Waals surface area (Å²) >= 11 is 0. The third-order valence-corrected chi connectivity index (χ3v) is 5.07. The van der Waals surface area contributed by atoms with Crippen molar-refractivity contribution >= 4 is 16.0 Å². The van der Waals surface area contributed by atoms with Crippen LogP contribution in [0.25, 0.3) is 0 Å². The predicted octanol–water partition coefficient (Wildman–Crippen LogP) is 1.00. The summed E-state index contributed by atoms with van der Waals surface area (Å²) in [7, 11) is -4.06. The molecule has 5 nitrogen and oxygen atoms in total. The van der Waals surface area contributed by atoms with Crippen molar-refractivity contribution in [3.8, 4) is 5.92 Å². The summed E-state index contributed by atoms with van der Waals surface area (Å²) in [6.45, 7) is 0.0966. The molecule has 7 heteroatoms. The Balaban J connectivity index is 2.43. The molecule has 0 bridgehead atoms. The first-order valence-corrected chi connectivity index (χ1v) is 7.29. The molecule has 0 saturated carbocycles. The largest absolute Gasteiger partial charge is 0.480 e. The fourth-order valence-corrected chi connectivity index (χ4v) is 3.83. The van der Waals surface area contributed by atoms with Gasteiger partial charge in [-0.2, -0.15) is 4.31 Å². The number of rotatable bonds is 3. The van der Waals surface area contributed by atoms with E-state index in [2.05, 4.69) is 0 Å². The predicted molar refractivity (Wildman–Crippen MR) is 67.2 cm³/mol. The average Bonchev–Trinajstić information content (AvgIpc) is 2.88. The molecule has 0 spiro atoms. The highest BCUT2D eigenvalue weighted by Gasteiger charge is 2.39. The molecule has 0 amide bonds. The zero-order chi connectivity index (χ0) is 14.9.